The minimum absolute atomic E-state index is 0.235. The Morgan fingerprint density at radius 1 is 1.18 bits per heavy atom. The molecule has 9 heteroatoms. The van der Waals surface area contributed by atoms with Gasteiger partial charge >= 0.3 is 0 Å². The molecule has 1 aromatic carbocycles. The normalized spacial score (nSPS) is 15.9. The van der Waals surface area contributed by atoms with E-state index in [1.54, 1.807) is 24.8 Å². The summed E-state index contributed by atoms with van der Waals surface area (Å²) in [5, 5.41) is 26.9. The Bertz CT molecular complexity index is 1580. The Morgan fingerprint density at radius 3 is 2.76 bits per heavy atom. The Hall–Kier alpha value is -4.31. The fourth-order valence-corrected chi connectivity index (χ4v) is 5.39. The van der Waals surface area contributed by atoms with E-state index in [1.807, 2.05) is 50.7 Å². The number of benzene rings is 1. The summed E-state index contributed by atoms with van der Waals surface area (Å²) in [4.78, 5) is 11.0. The topological polar surface area (TPSA) is 97.4 Å². The number of rotatable bonds is 20. The second kappa shape index (κ2) is 20.9. The number of nitrogens with zero attached hydrogens (tertiary/aromatic N) is 4. The predicted molar refractivity (Wildman–Crippen MR) is 203 cm³/mol. The van der Waals surface area contributed by atoms with Gasteiger partial charge in [0.2, 0.25) is 0 Å². The van der Waals surface area contributed by atoms with Crippen LogP contribution in [0, 0.1) is 5.82 Å². The lowest BCUT2D eigenvalue weighted by Crippen LogP contribution is -2.32. The molecule has 2 atom stereocenters. The smallest absolute Gasteiger partial charge is 0.123 e. The van der Waals surface area contributed by atoms with Crippen molar-refractivity contribution in [2.45, 2.75) is 85.1 Å². The molecule has 0 fully saturated rings. The predicted octanol–water partition coefficient (Wildman–Crippen LogP) is 7.28. The van der Waals surface area contributed by atoms with Crippen LogP contribution in [-0.4, -0.2) is 64.7 Å². The Labute approximate surface area is 292 Å². The third-order valence-corrected chi connectivity index (χ3v) is 8.47. The molecular formula is C40H55FN6O2. The number of hydrogen-bond donors (Lipinski definition) is 4. The molecule has 0 amide bonds. The van der Waals surface area contributed by atoms with Crippen molar-refractivity contribution in [1.29, 1.82) is 0 Å². The molecule has 0 spiro atoms. The van der Waals surface area contributed by atoms with Crippen molar-refractivity contribution in [2.24, 2.45) is 9.98 Å². The van der Waals surface area contributed by atoms with Gasteiger partial charge in [-0.25, -0.2) is 14.4 Å². The number of aliphatic hydroxyl groups is 2. The van der Waals surface area contributed by atoms with Crippen LogP contribution < -0.4 is 10.6 Å². The summed E-state index contributed by atoms with van der Waals surface area (Å²) < 4.78 is 15.5. The number of nitrogens with one attached hydrogen (secondary N) is 2. The first kappa shape index (κ1) is 39.1. The number of aliphatic imine (C=N–C) groups is 2. The van der Waals surface area contributed by atoms with Crippen LogP contribution in [0.3, 0.4) is 0 Å². The zero-order chi connectivity index (χ0) is 35.6. The van der Waals surface area contributed by atoms with E-state index >= 15 is 0 Å². The third kappa shape index (κ3) is 14.4. The van der Waals surface area contributed by atoms with Gasteiger partial charge in [-0.2, -0.15) is 0 Å². The molecule has 2 unspecified atom stereocenters. The highest BCUT2D eigenvalue weighted by atomic mass is 19.1. The van der Waals surface area contributed by atoms with Crippen molar-refractivity contribution < 1.29 is 14.6 Å². The van der Waals surface area contributed by atoms with Crippen molar-refractivity contribution >= 4 is 18.3 Å². The van der Waals surface area contributed by atoms with E-state index < -0.39 is 6.10 Å². The van der Waals surface area contributed by atoms with Crippen LogP contribution in [0.4, 0.5) is 4.39 Å². The Morgan fingerprint density at radius 2 is 2.00 bits per heavy atom. The maximum Gasteiger partial charge on any atom is 0.123 e. The van der Waals surface area contributed by atoms with Gasteiger partial charge in [0.15, 0.2) is 0 Å². The summed E-state index contributed by atoms with van der Waals surface area (Å²) in [6.07, 6.45) is 20.7. The van der Waals surface area contributed by atoms with E-state index in [-0.39, 0.29) is 11.9 Å². The first-order chi connectivity index (χ1) is 23.6. The van der Waals surface area contributed by atoms with Crippen molar-refractivity contribution in [3.63, 3.8) is 0 Å². The summed E-state index contributed by atoms with van der Waals surface area (Å²) in [5.74, 6) is -0.243. The van der Waals surface area contributed by atoms with E-state index in [1.165, 1.54) is 17.7 Å². The largest absolute Gasteiger partial charge is 0.393 e. The second-order valence-electron chi connectivity index (χ2n) is 12.7. The molecule has 2 aromatic rings. The highest BCUT2D eigenvalue weighted by Crippen LogP contribution is 2.26. The van der Waals surface area contributed by atoms with E-state index in [0.29, 0.717) is 19.6 Å². The molecule has 1 aliphatic rings. The first-order valence-electron chi connectivity index (χ1n) is 17.1. The van der Waals surface area contributed by atoms with Crippen LogP contribution in [0.15, 0.2) is 118 Å². The zero-order valence-corrected chi connectivity index (χ0v) is 29.9. The molecule has 1 heterocycles. The lowest BCUT2D eigenvalue weighted by atomic mass is 10.1. The summed E-state index contributed by atoms with van der Waals surface area (Å²) >= 11 is 0. The molecule has 8 nitrogen and oxygen atoms in total. The minimum Gasteiger partial charge on any atom is -0.393 e. The summed E-state index contributed by atoms with van der Waals surface area (Å²) in [5.41, 5.74) is 8.12. The average Bonchev–Trinajstić information content (AvgIpc) is 3.45. The molecule has 1 aromatic heterocycles. The van der Waals surface area contributed by atoms with E-state index in [0.717, 1.165) is 78.0 Å². The number of aromatic nitrogens is 1. The van der Waals surface area contributed by atoms with Crippen LogP contribution in [0.1, 0.15) is 70.9 Å². The van der Waals surface area contributed by atoms with E-state index in [4.69, 9.17) is 0 Å². The molecular weight excluding hydrogens is 615 g/mol. The van der Waals surface area contributed by atoms with Gasteiger partial charge in [-0.1, -0.05) is 43.9 Å². The van der Waals surface area contributed by atoms with Gasteiger partial charge in [0.1, 0.15) is 12.2 Å². The van der Waals surface area contributed by atoms with Gasteiger partial charge in [-0.15, -0.1) is 0 Å². The maximum atomic E-state index is 13.5. The average molecular weight is 671 g/mol. The van der Waals surface area contributed by atoms with Crippen LogP contribution in [0.25, 0.3) is 5.57 Å². The highest BCUT2D eigenvalue weighted by Gasteiger charge is 2.12. The lowest BCUT2D eigenvalue weighted by molar-refractivity contribution is 0.104. The lowest BCUT2D eigenvalue weighted by Gasteiger charge is -2.21. The number of halogens is 1. The van der Waals surface area contributed by atoms with Crippen molar-refractivity contribution in [3.8, 4) is 0 Å². The quantitative estimate of drug-likeness (QED) is 0.0675. The standard InChI is InChI=1S/C40H55FN6O2/c1-7-37(48)13-10-21-46(6)26-38(49)27-47-22-20-35(25-47)34-17-15-31(4)40(19-18-34)45-29-42-28-44-32(5)16-14-30(3)39(8-2)43-24-33-11-9-12-36(41)23-33/h8-9,11-12,15-16,18-20,22-23,25,28-29,37-38,43,48-49H,2,7,10,13-14,17,21,24,26-27H2,1,3-6H3,(H,42,44,45)/b32-16+,39-30+. The summed E-state index contributed by atoms with van der Waals surface area (Å²) in [6, 6.07) is 8.65. The van der Waals surface area contributed by atoms with Crippen molar-refractivity contribution in [3.05, 3.63) is 125 Å². The first-order valence-corrected chi connectivity index (χ1v) is 17.1. The number of aliphatic hydroxyl groups excluding tert-OH is 2. The maximum absolute atomic E-state index is 13.5. The molecule has 4 N–H and O–H groups in total. The monoisotopic (exact) mass is 670 g/mol. The molecule has 0 saturated carbocycles. The molecule has 1 aliphatic carbocycles. The molecule has 49 heavy (non-hydrogen) atoms. The van der Waals surface area contributed by atoms with Gasteiger partial charge in [0, 0.05) is 43.4 Å². The Balaban J connectivity index is 1.48. The molecule has 3 rings (SSSR count). The number of hydrogen-bond acceptors (Lipinski definition) is 5. The zero-order valence-electron chi connectivity index (χ0n) is 29.9. The second-order valence-corrected chi connectivity index (χ2v) is 12.7. The third-order valence-electron chi connectivity index (χ3n) is 8.47. The molecule has 0 radical (unpaired) electrons. The number of likely N-dealkylation sites (N-methyl/N-ethyl adjacent to an activating group) is 1. The van der Waals surface area contributed by atoms with Crippen molar-refractivity contribution in [1.82, 2.24) is 20.1 Å². The molecule has 0 bridgehead atoms. The summed E-state index contributed by atoms with van der Waals surface area (Å²) in [6.45, 7) is 14.5. The molecule has 0 saturated heterocycles. The van der Waals surface area contributed by atoms with Gasteiger partial charge in [-0.3, -0.25) is 0 Å². The van der Waals surface area contributed by atoms with Crippen LogP contribution in [-0.2, 0) is 13.1 Å². The van der Waals surface area contributed by atoms with Crippen molar-refractivity contribution in [2.75, 3.05) is 20.1 Å². The minimum atomic E-state index is -0.477. The van der Waals surface area contributed by atoms with E-state index in [9.17, 15) is 14.6 Å². The van der Waals surface area contributed by atoms with Gasteiger partial charge in [0.05, 0.1) is 24.2 Å². The van der Waals surface area contributed by atoms with E-state index in [2.05, 4.69) is 69.5 Å². The van der Waals surface area contributed by atoms with Crippen LogP contribution >= 0.6 is 0 Å². The van der Waals surface area contributed by atoms with Gasteiger partial charge in [0.25, 0.3) is 0 Å². The Kier molecular flexibility index (Phi) is 16.7. The van der Waals surface area contributed by atoms with Gasteiger partial charge < -0.3 is 30.3 Å². The molecule has 0 aliphatic heterocycles. The number of allylic oxidation sites excluding steroid dienone is 9. The van der Waals surface area contributed by atoms with Crippen LogP contribution in [0.5, 0.6) is 0 Å². The van der Waals surface area contributed by atoms with Gasteiger partial charge in [-0.05, 0) is 125 Å². The SMILES string of the molecule is C=C/C(NCc1cccc(F)c1)=C(/C)C/C=C(\C)NC=NC=NC1=CC=C(c2ccn(CC(O)CN(C)CCCC(O)CC)c2)CC=C1C. The fraction of sp³-hybridized carbons (Fsp3) is 0.400. The summed E-state index contributed by atoms with van der Waals surface area (Å²) in [7, 11) is 2.01. The van der Waals surface area contributed by atoms with Crippen LogP contribution in [0.2, 0.25) is 0 Å². The molecule has 264 valence electrons. The highest BCUT2D eigenvalue weighted by molar-refractivity contribution is 5.74. The fourth-order valence-electron chi connectivity index (χ4n) is 5.39.